The van der Waals surface area contributed by atoms with Crippen molar-refractivity contribution in [3.63, 3.8) is 0 Å². The normalized spacial score (nSPS) is 24.5. The van der Waals surface area contributed by atoms with Gasteiger partial charge in [0.1, 0.15) is 35.4 Å². The second kappa shape index (κ2) is 10.2. The van der Waals surface area contributed by atoms with Crippen LogP contribution in [0.25, 0.3) is 20.8 Å². The van der Waals surface area contributed by atoms with E-state index in [-0.39, 0.29) is 17.9 Å². The number of hydrogen-bond acceptors (Lipinski definition) is 10. The molecule has 1 aliphatic carbocycles. The molecule has 0 bridgehead atoms. The topological polar surface area (TPSA) is 119 Å². The Morgan fingerprint density at radius 1 is 1.17 bits per heavy atom. The van der Waals surface area contributed by atoms with Crippen LogP contribution in [-0.4, -0.2) is 66.4 Å². The molecule has 6 rings (SSSR count). The number of para-hydroxylation sites is 1. The lowest BCUT2D eigenvalue weighted by Crippen LogP contribution is -2.35. The fraction of sp³-hybridized carbons (Fsp3) is 0.481. The third kappa shape index (κ3) is 5.48. The molecular formula is C27H30F3N7O3S. The lowest BCUT2D eigenvalue weighted by Gasteiger charge is -2.26. The lowest BCUT2D eigenvalue weighted by molar-refractivity contribution is -0.162. The molecule has 3 aromatic heterocycles. The van der Waals surface area contributed by atoms with E-state index in [1.807, 2.05) is 45.2 Å². The molecule has 0 spiro atoms. The Labute approximate surface area is 238 Å². The summed E-state index contributed by atoms with van der Waals surface area (Å²) in [6.45, 7) is 4.07. The van der Waals surface area contributed by atoms with Crippen LogP contribution in [-0.2, 0) is 16.5 Å². The van der Waals surface area contributed by atoms with Crippen molar-refractivity contribution in [1.82, 2.24) is 24.5 Å². The fourth-order valence-electron chi connectivity index (χ4n) is 5.67. The fourth-order valence-corrected chi connectivity index (χ4v) is 6.73. The predicted octanol–water partition coefficient (Wildman–Crippen LogP) is 4.82. The largest absolute Gasteiger partial charge is 0.405 e. The van der Waals surface area contributed by atoms with E-state index in [1.54, 1.807) is 23.9 Å². The van der Waals surface area contributed by atoms with Gasteiger partial charge in [-0.25, -0.2) is 15.0 Å². The van der Waals surface area contributed by atoms with Crippen LogP contribution >= 0.6 is 11.3 Å². The van der Waals surface area contributed by atoms with Gasteiger partial charge in [0.25, 0.3) is 0 Å². The van der Waals surface area contributed by atoms with Crippen LogP contribution in [0.5, 0.6) is 0 Å². The number of aliphatic hydroxyl groups excluding tert-OH is 1. The molecular weight excluding hydrogens is 559 g/mol. The second-order valence-electron chi connectivity index (χ2n) is 10.9. The van der Waals surface area contributed by atoms with E-state index in [9.17, 15) is 18.3 Å². The molecule has 14 heteroatoms. The standard InChI is InChI=1S/C27H30F3N7O3S/c1-13-18(24-35-15-7-5-6-8-17(15)41-24)22(36-25(33-13)32-12-27(28,29)30)34-16-11-14(19(38)23-31-9-10-37(23)4)20-21(16)40-26(2,3)39-20/h5-10,14,16,19-21,38H,11-12H2,1-4H3,(H2,32,33,34,36)/t14-,16-,19?,20-,21+/m1/s1. The number of ether oxygens (including phenoxy) is 2. The van der Waals surface area contributed by atoms with Crippen molar-refractivity contribution in [2.75, 3.05) is 17.2 Å². The minimum absolute atomic E-state index is 0.157. The number of imidazole rings is 1. The highest BCUT2D eigenvalue weighted by Gasteiger charge is 2.56. The van der Waals surface area contributed by atoms with Crippen LogP contribution in [0.4, 0.5) is 24.9 Å². The zero-order chi connectivity index (χ0) is 29.1. The number of alkyl halides is 3. The van der Waals surface area contributed by atoms with E-state index in [2.05, 4.69) is 25.6 Å². The Kier molecular flexibility index (Phi) is 6.91. The molecule has 1 aromatic carbocycles. The maximum Gasteiger partial charge on any atom is 0.405 e. The summed E-state index contributed by atoms with van der Waals surface area (Å²) in [5.41, 5.74) is 1.85. The maximum absolute atomic E-state index is 13.0. The Bertz CT molecular complexity index is 1540. The van der Waals surface area contributed by atoms with Crippen molar-refractivity contribution < 1.29 is 27.8 Å². The van der Waals surface area contributed by atoms with Gasteiger partial charge < -0.3 is 29.8 Å². The van der Waals surface area contributed by atoms with Crippen molar-refractivity contribution in [3.05, 3.63) is 48.2 Å². The molecule has 5 atom stereocenters. The quantitative estimate of drug-likeness (QED) is 0.279. The number of nitrogens with one attached hydrogen (secondary N) is 2. The van der Waals surface area contributed by atoms with Crippen molar-refractivity contribution in [3.8, 4) is 10.6 Å². The van der Waals surface area contributed by atoms with Crippen LogP contribution < -0.4 is 10.6 Å². The van der Waals surface area contributed by atoms with Crippen molar-refractivity contribution in [1.29, 1.82) is 0 Å². The number of anilines is 2. The summed E-state index contributed by atoms with van der Waals surface area (Å²) in [5, 5.41) is 17.7. The van der Waals surface area contributed by atoms with Gasteiger partial charge in [0, 0.05) is 25.4 Å². The highest BCUT2D eigenvalue weighted by molar-refractivity contribution is 7.21. The third-order valence-electron chi connectivity index (χ3n) is 7.40. The molecule has 1 aliphatic heterocycles. The molecule has 218 valence electrons. The van der Waals surface area contributed by atoms with Gasteiger partial charge in [-0.1, -0.05) is 12.1 Å². The molecule has 2 fully saturated rings. The molecule has 1 saturated heterocycles. The average Bonchev–Trinajstić information content (AvgIpc) is 3.65. The second-order valence-corrected chi connectivity index (χ2v) is 11.9. The number of aryl methyl sites for hydroxylation is 2. The van der Waals surface area contributed by atoms with Gasteiger partial charge in [0.2, 0.25) is 5.95 Å². The molecule has 0 radical (unpaired) electrons. The highest BCUT2D eigenvalue weighted by atomic mass is 32.1. The zero-order valence-electron chi connectivity index (χ0n) is 22.8. The number of hydrogen-bond donors (Lipinski definition) is 3. The van der Waals surface area contributed by atoms with Gasteiger partial charge in [-0.15, -0.1) is 11.3 Å². The minimum Gasteiger partial charge on any atom is -0.385 e. The number of thiazole rings is 1. The molecule has 2 aliphatic rings. The average molecular weight is 590 g/mol. The van der Waals surface area contributed by atoms with E-state index < -0.39 is 36.8 Å². The van der Waals surface area contributed by atoms with Crippen molar-refractivity contribution >= 4 is 33.3 Å². The monoisotopic (exact) mass is 589 g/mol. The minimum atomic E-state index is -4.44. The molecule has 0 amide bonds. The van der Waals surface area contributed by atoms with Crippen LogP contribution in [0.3, 0.4) is 0 Å². The molecule has 3 N–H and O–H groups in total. The predicted molar refractivity (Wildman–Crippen MR) is 147 cm³/mol. The van der Waals surface area contributed by atoms with Gasteiger partial charge in [-0.3, -0.25) is 0 Å². The summed E-state index contributed by atoms with van der Waals surface area (Å²) in [5.74, 6) is -0.585. The van der Waals surface area contributed by atoms with E-state index in [1.165, 1.54) is 11.3 Å². The Morgan fingerprint density at radius 3 is 2.63 bits per heavy atom. The lowest BCUT2D eigenvalue weighted by atomic mass is 9.97. The number of aromatic nitrogens is 5. The van der Waals surface area contributed by atoms with Crippen LogP contribution in [0.15, 0.2) is 36.7 Å². The Hall–Kier alpha value is -3.33. The molecule has 10 nitrogen and oxygen atoms in total. The summed E-state index contributed by atoms with van der Waals surface area (Å²) in [6.07, 6.45) is -2.45. The van der Waals surface area contributed by atoms with Crippen LogP contribution in [0, 0.1) is 12.8 Å². The molecule has 1 unspecified atom stereocenters. The van der Waals surface area contributed by atoms with Crippen molar-refractivity contribution in [2.24, 2.45) is 13.0 Å². The number of fused-ring (bicyclic) bond motifs is 2. The smallest absolute Gasteiger partial charge is 0.385 e. The van der Waals surface area contributed by atoms with E-state index in [4.69, 9.17) is 14.5 Å². The van der Waals surface area contributed by atoms with Crippen LogP contribution in [0.2, 0.25) is 0 Å². The first-order valence-corrected chi connectivity index (χ1v) is 14.0. The van der Waals surface area contributed by atoms with Gasteiger partial charge >= 0.3 is 6.18 Å². The summed E-state index contributed by atoms with van der Waals surface area (Å²) in [6, 6.07) is 7.27. The third-order valence-corrected chi connectivity index (χ3v) is 8.46. The van der Waals surface area contributed by atoms with Gasteiger partial charge in [0.15, 0.2) is 5.79 Å². The number of rotatable bonds is 7. The molecule has 4 heterocycles. The summed E-state index contributed by atoms with van der Waals surface area (Å²) in [4.78, 5) is 17.9. The summed E-state index contributed by atoms with van der Waals surface area (Å²) >= 11 is 1.45. The number of aliphatic hydroxyl groups is 1. The zero-order valence-corrected chi connectivity index (χ0v) is 23.6. The molecule has 4 aromatic rings. The summed E-state index contributed by atoms with van der Waals surface area (Å²) in [7, 11) is 1.81. The molecule has 1 saturated carbocycles. The number of benzene rings is 1. The van der Waals surface area contributed by atoms with Gasteiger partial charge in [-0.2, -0.15) is 18.2 Å². The Morgan fingerprint density at radius 2 is 1.93 bits per heavy atom. The van der Waals surface area contributed by atoms with E-state index >= 15 is 0 Å². The van der Waals surface area contributed by atoms with Crippen LogP contribution in [0.1, 0.15) is 37.9 Å². The van der Waals surface area contributed by atoms with E-state index in [0.717, 1.165) is 10.2 Å². The number of nitrogens with zero attached hydrogens (tertiary/aromatic N) is 5. The SMILES string of the molecule is Cc1nc(NCC(F)(F)F)nc(N[C@@H]2C[C@H](C(O)c3nccn3C)[C@H]3OC(C)(C)O[C@H]32)c1-c1nc2ccccc2s1. The Balaban J connectivity index is 1.38. The van der Waals surface area contributed by atoms with Gasteiger partial charge in [0.05, 0.1) is 33.6 Å². The first-order valence-electron chi connectivity index (χ1n) is 13.2. The maximum atomic E-state index is 13.0. The molecule has 41 heavy (non-hydrogen) atoms. The van der Waals surface area contributed by atoms with Gasteiger partial charge in [-0.05, 0) is 39.3 Å². The van der Waals surface area contributed by atoms with Crippen molar-refractivity contribution in [2.45, 2.75) is 63.5 Å². The summed E-state index contributed by atoms with van der Waals surface area (Å²) < 4.78 is 54.3. The first-order chi connectivity index (χ1) is 19.4. The highest BCUT2D eigenvalue weighted by Crippen LogP contribution is 2.47. The number of halogens is 3. The van der Waals surface area contributed by atoms with E-state index in [0.29, 0.717) is 34.3 Å². The first kappa shape index (κ1) is 27.8.